The largest absolute Gasteiger partial charge is 0.326 e. The molecule has 0 aromatic heterocycles. The zero-order chi connectivity index (χ0) is 15.5. The van der Waals surface area contributed by atoms with Gasteiger partial charge in [0.1, 0.15) is 0 Å². The Morgan fingerprint density at radius 1 is 1.00 bits per heavy atom. The predicted octanol–water partition coefficient (Wildman–Crippen LogP) is 4.85. The van der Waals surface area contributed by atoms with Crippen molar-refractivity contribution in [2.24, 2.45) is 5.92 Å². The summed E-state index contributed by atoms with van der Waals surface area (Å²) in [4.78, 5) is 11.7. The fourth-order valence-electron chi connectivity index (χ4n) is 2.43. The summed E-state index contributed by atoms with van der Waals surface area (Å²) in [6, 6.07) is 16.3. The van der Waals surface area contributed by atoms with Crippen molar-refractivity contribution in [2.75, 3.05) is 5.32 Å². The van der Waals surface area contributed by atoms with Gasteiger partial charge in [-0.05, 0) is 40.5 Å². The number of fused-ring (bicyclic) bond motifs is 1. The number of amides is 1. The molecule has 2 nitrogen and oxygen atoms in total. The van der Waals surface area contributed by atoms with Crippen molar-refractivity contribution in [3.63, 3.8) is 0 Å². The van der Waals surface area contributed by atoms with Crippen molar-refractivity contribution in [2.45, 2.75) is 13.8 Å². The summed E-state index contributed by atoms with van der Waals surface area (Å²) in [5, 5.41) is 2.90. The van der Waals surface area contributed by atoms with E-state index in [2.05, 4.69) is 47.8 Å². The molecule has 0 heterocycles. The summed E-state index contributed by atoms with van der Waals surface area (Å²) < 4.78 is 0. The van der Waals surface area contributed by atoms with E-state index in [0.29, 0.717) is 0 Å². The molecule has 2 heteroatoms. The Morgan fingerprint density at radius 2 is 1.73 bits per heavy atom. The highest BCUT2D eigenvalue weighted by atomic mass is 16.1. The molecule has 1 aliphatic rings. The van der Waals surface area contributed by atoms with Gasteiger partial charge >= 0.3 is 0 Å². The third-order valence-electron chi connectivity index (χ3n) is 3.74. The maximum absolute atomic E-state index is 11.7. The van der Waals surface area contributed by atoms with E-state index in [1.54, 1.807) is 0 Å². The van der Waals surface area contributed by atoms with E-state index in [1.165, 1.54) is 16.7 Å². The van der Waals surface area contributed by atoms with Gasteiger partial charge < -0.3 is 5.32 Å². The van der Waals surface area contributed by atoms with Crippen LogP contribution >= 0.6 is 0 Å². The molecule has 1 amide bonds. The average Bonchev–Trinajstić information content (AvgIpc) is 2.92. The molecule has 3 rings (SSSR count). The van der Waals surface area contributed by atoms with E-state index in [-0.39, 0.29) is 11.8 Å². The van der Waals surface area contributed by atoms with E-state index >= 15 is 0 Å². The van der Waals surface area contributed by atoms with Gasteiger partial charge in [0.2, 0.25) is 5.91 Å². The number of benzene rings is 2. The van der Waals surface area contributed by atoms with Crippen LogP contribution in [0.5, 0.6) is 0 Å². The first-order valence-electron chi connectivity index (χ1n) is 7.53. The minimum atomic E-state index is -0.0121. The normalized spacial score (nSPS) is 14.4. The molecule has 2 aromatic rings. The summed E-state index contributed by atoms with van der Waals surface area (Å²) in [6.45, 7) is 3.77. The highest BCUT2D eigenvalue weighted by Crippen LogP contribution is 2.30. The van der Waals surface area contributed by atoms with Crippen molar-refractivity contribution in [3.05, 3.63) is 71.3 Å². The number of rotatable bonds is 3. The molecular formula is C20H19NO. The lowest BCUT2D eigenvalue weighted by atomic mass is 10.0. The van der Waals surface area contributed by atoms with Gasteiger partial charge in [0.25, 0.3) is 0 Å². The second-order valence-corrected chi connectivity index (χ2v) is 5.79. The summed E-state index contributed by atoms with van der Waals surface area (Å²) in [7, 11) is 0. The van der Waals surface area contributed by atoms with E-state index in [9.17, 15) is 4.79 Å². The van der Waals surface area contributed by atoms with Crippen LogP contribution < -0.4 is 5.32 Å². The first kappa shape index (κ1) is 14.3. The maximum atomic E-state index is 11.7. The van der Waals surface area contributed by atoms with Gasteiger partial charge in [0.05, 0.1) is 0 Å². The first-order valence-corrected chi connectivity index (χ1v) is 7.53. The van der Waals surface area contributed by atoms with Crippen LogP contribution in [-0.4, -0.2) is 5.91 Å². The number of hydrogen-bond acceptors (Lipinski definition) is 1. The van der Waals surface area contributed by atoms with Crippen LogP contribution in [0.15, 0.2) is 54.6 Å². The van der Waals surface area contributed by atoms with Crippen LogP contribution in [0.2, 0.25) is 0 Å². The number of anilines is 1. The van der Waals surface area contributed by atoms with Crippen LogP contribution in [0.25, 0.3) is 17.7 Å². The van der Waals surface area contributed by atoms with E-state index in [0.717, 1.165) is 11.3 Å². The molecule has 0 aliphatic heterocycles. The second-order valence-electron chi connectivity index (χ2n) is 5.79. The molecule has 1 aliphatic carbocycles. The fraction of sp³-hybridized carbons (Fsp3) is 0.150. The van der Waals surface area contributed by atoms with Crippen molar-refractivity contribution >= 4 is 29.3 Å². The number of hydrogen-bond donors (Lipinski definition) is 1. The lowest BCUT2D eigenvalue weighted by Gasteiger charge is -2.08. The van der Waals surface area contributed by atoms with E-state index < -0.39 is 0 Å². The number of nitrogens with one attached hydrogen (secondary N) is 1. The molecule has 0 saturated carbocycles. The molecule has 0 bridgehead atoms. The third kappa shape index (κ3) is 3.01. The smallest absolute Gasteiger partial charge is 0.226 e. The molecule has 0 spiro atoms. The molecule has 0 saturated heterocycles. The Bertz CT molecular complexity index is 752. The van der Waals surface area contributed by atoms with E-state index in [4.69, 9.17) is 0 Å². The highest BCUT2D eigenvalue weighted by molar-refractivity contribution is 5.98. The predicted molar refractivity (Wildman–Crippen MR) is 93.3 cm³/mol. The van der Waals surface area contributed by atoms with Gasteiger partial charge in [-0.15, -0.1) is 0 Å². The molecular weight excluding hydrogens is 270 g/mol. The topological polar surface area (TPSA) is 29.1 Å². The first-order chi connectivity index (χ1) is 10.6. The minimum Gasteiger partial charge on any atom is -0.326 e. The molecule has 22 heavy (non-hydrogen) atoms. The number of carbonyl (C=O) groups is 1. The van der Waals surface area contributed by atoms with Crippen LogP contribution in [0.4, 0.5) is 5.69 Å². The second kappa shape index (κ2) is 6.02. The van der Waals surface area contributed by atoms with Crippen LogP contribution in [0, 0.1) is 5.92 Å². The van der Waals surface area contributed by atoms with Crippen molar-refractivity contribution in [1.29, 1.82) is 0 Å². The molecule has 0 fully saturated rings. The molecule has 1 N–H and O–H groups in total. The summed E-state index contributed by atoms with van der Waals surface area (Å²) in [5.41, 5.74) is 5.70. The Morgan fingerprint density at radius 3 is 2.45 bits per heavy atom. The van der Waals surface area contributed by atoms with Crippen molar-refractivity contribution < 1.29 is 4.79 Å². The van der Waals surface area contributed by atoms with Gasteiger partial charge in [0, 0.05) is 11.6 Å². The summed E-state index contributed by atoms with van der Waals surface area (Å²) >= 11 is 0. The molecule has 0 atom stereocenters. The number of carbonyl (C=O) groups excluding carboxylic acids is 1. The van der Waals surface area contributed by atoms with Crippen LogP contribution in [0.3, 0.4) is 0 Å². The quantitative estimate of drug-likeness (QED) is 0.860. The lowest BCUT2D eigenvalue weighted by Crippen LogP contribution is -2.17. The van der Waals surface area contributed by atoms with Gasteiger partial charge in [-0.1, -0.05) is 62.4 Å². The Labute approximate surface area is 131 Å². The molecule has 110 valence electrons. The maximum Gasteiger partial charge on any atom is 0.226 e. The Balaban J connectivity index is 1.79. The number of allylic oxidation sites excluding steroid dienone is 2. The zero-order valence-electron chi connectivity index (χ0n) is 12.8. The highest BCUT2D eigenvalue weighted by Gasteiger charge is 2.09. The van der Waals surface area contributed by atoms with Gasteiger partial charge in [-0.3, -0.25) is 4.79 Å². The monoisotopic (exact) mass is 289 g/mol. The zero-order valence-corrected chi connectivity index (χ0v) is 12.8. The van der Waals surface area contributed by atoms with E-state index in [1.807, 2.05) is 38.1 Å². The average molecular weight is 289 g/mol. The standard InChI is InChI=1S/C20H19NO/c1-14(2)20(22)21-18-11-7-15(8-12-18)13-17-10-9-16-5-3-4-6-19(16)17/h3-14H,1-2H3,(H,21,22)/b17-13+. The summed E-state index contributed by atoms with van der Waals surface area (Å²) in [5.74, 6) is 0.0284. The molecule has 0 unspecified atom stereocenters. The van der Waals surface area contributed by atoms with Crippen molar-refractivity contribution in [3.8, 4) is 0 Å². The Kier molecular flexibility index (Phi) is 3.92. The van der Waals surface area contributed by atoms with Gasteiger partial charge in [0.15, 0.2) is 0 Å². The SMILES string of the molecule is CC(C)C(=O)Nc1ccc(/C=C2\C=Cc3ccccc32)cc1. The van der Waals surface area contributed by atoms with Crippen LogP contribution in [0.1, 0.15) is 30.5 Å². The Hall–Kier alpha value is -2.61. The van der Waals surface area contributed by atoms with Gasteiger partial charge in [-0.25, -0.2) is 0 Å². The molecule has 2 aromatic carbocycles. The van der Waals surface area contributed by atoms with Gasteiger partial charge in [-0.2, -0.15) is 0 Å². The minimum absolute atomic E-state index is 0.0121. The molecule has 0 radical (unpaired) electrons. The fourth-order valence-corrected chi connectivity index (χ4v) is 2.43. The van der Waals surface area contributed by atoms with Crippen molar-refractivity contribution in [1.82, 2.24) is 0 Å². The van der Waals surface area contributed by atoms with Crippen LogP contribution in [-0.2, 0) is 4.79 Å². The summed E-state index contributed by atoms with van der Waals surface area (Å²) in [6.07, 6.45) is 6.44. The lowest BCUT2D eigenvalue weighted by molar-refractivity contribution is -0.118. The third-order valence-corrected chi connectivity index (χ3v) is 3.74.